The van der Waals surface area contributed by atoms with Crippen molar-refractivity contribution in [1.29, 1.82) is 0 Å². The molecule has 2 aromatic heterocycles. The molecule has 0 bridgehead atoms. The average molecular weight is 357 g/mol. The van der Waals surface area contributed by atoms with Crippen LogP contribution in [0.4, 0.5) is 0 Å². The number of piperazine rings is 1. The highest BCUT2D eigenvalue weighted by Gasteiger charge is 2.19. The summed E-state index contributed by atoms with van der Waals surface area (Å²) in [6, 6.07) is 7.87. The second-order valence-corrected chi connectivity index (χ2v) is 6.90. The monoisotopic (exact) mass is 357 g/mol. The predicted molar refractivity (Wildman–Crippen MR) is 99.3 cm³/mol. The van der Waals surface area contributed by atoms with Crippen LogP contribution < -0.4 is 5.32 Å². The van der Waals surface area contributed by atoms with Crippen molar-refractivity contribution in [3.05, 3.63) is 36.2 Å². The highest BCUT2D eigenvalue weighted by atomic mass is 16.5. The maximum absolute atomic E-state index is 12.1. The van der Waals surface area contributed by atoms with Gasteiger partial charge in [-0.2, -0.15) is 0 Å². The van der Waals surface area contributed by atoms with Crippen LogP contribution in [0.5, 0.6) is 0 Å². The second-order valence-electron chi connectivity index (χ2n) is 6.90. The maximum atomic E-state index is 12.1. The van der Waals surface area contributed by atoms with Crippen molar-refractivity contribution in [1.82, 2.24) is 25.3 Å². The lowest BCUT2D eigenvalue weighted by Crippen LogP contribution is -2.48. The van der Waals surface area contributed by atoms with Gasteiger partial charge in [0.1, 0.15) is 5.69 Å². The lowest BCUT2D eigenvalue weighted by atomic mass is 10.1. The van der Waals surface area contributed by atoms with Crippen molar-refractivity contribution in [2.45, 2.75) is 32.4 Å². The molecule has 140 valence electrons. The van der Waals surface area contributed by atoms with Gasteiger partial charge in [-0.15, -0.1) is 0 Å². The number of rotatable bonds is 7. The Morgan fingerprint density at radius 1 is 1.27 bits per heavy atom. The van der Waals surface area contributed by atoms with Crippen LogP contribution in [-0.4, -0.2) is 65.1 Å². The average Bonchev–Trinajstić information content (AvgIpc) is 3.15. The number of nitrogens with one attached hydrogen (secondary N) is 1. The Hall–Kier alpha value is -2.25. The van der Waals surface area contributed by atoms with Gasteiger partial charge < -0.3 is 14.7 Å². The lowest BCUT2D eigenvalue weighted by molar-refractivity contribution is -0.121. The Kier molecular flexibility index (Phi) is 6.35. The van der Waals surface area contributed by atoms with Crippen molar-refractivity contribution >= 4 is 5.91 Å². The first-order valence-corrected chi connectivity index (χ1v) is 9.18. The van der Waals surface area contributed by atoms with Gasteiger partial charge in [-0.3, -0.25) is 14.7 Å². The first-order valence-electron chi connectivity index (χ1n) is 9.18. The van der Waals surface area contributed by atoms with Gasteiger partial charge >= 0.3 is 0 Å². The van der Waals surface area contributed by atoms with Crippen LogP contribution in [0.2, 0.25) is 0 Å². The van der Waals surface area contributed by atoms with E-state index in [0.717, 1.165) is 38.3 Å². The number of hydrogen-bond donors (Lipinski definition) is 1. The van der Waals surface area contributed by atoms with Crippen LogP contribution in [0.1, 0.15) is 25.5 Å². The van der Waals surface area contributed by atoms with Crippen LogP contribution in [0.3, 0.4) is 0 Å². The molecule has 1 atom stereocenters. The highest BCUT2D eigenvalue weighted by Crippen LogP contribution is 2.16. The maximum Gasteiger partial charge on any atom is 0.220 e. The summed E-state index contributed by atoms with van der Waals surface area (Å²) in [6.07, 6.45) is 3.10. The molecular formula is C19H27N5O2. The number of hydrogen-bond acceptors (Lipinski definition) is 6. The number of nitrogens with zero attached hydrogens (tertiary/aromatic N) is 4. The first-order chi connectivity index (χ1) is 12.6. The standard InChI is InChI=1S/C19H27N5O2/c1-15(24-11-9-23(2)10-12-24)6-7-19(25)21-14-16-13-18(22-26-16)17-5-3-4-8-20-17/h3-5,8,13,15H,6-7,9-12,14H2,1-2H3,(H,21,25)/t15-/m0/s1. The Balaban J connectivity index is 1.40. The molecule has 3 heterocycles. The summed E-state index contributed by atoms with van der Waals surface area (Å²) >= 11 is 0. The molecule has 2 aromatic rings. The van der Waals surface area contributed by atoms with Crippen molar-refractivity contribution in [3.8, 4) is 11.4 Å². The quantitative estimate of drug-likeness (QED) is 0.814. The summed E-state index contributed by atoms with van der Waals surface area (Å²) < 4.78 is 5.28. The number of amides is 1. The molecule has 3 rings (SSSR count). The fourth-order valence-corrected chi connectivity index (χ4v) is 3.09. The first kappa shape index (κ1) is 18.5. The number of carbonyl (C=O) groups is 1. The molecule has 1 N–H and O–H groups in total. The molecule has 7 heteroatoms. The van der Waals surface area contributed by atoms with Crippen LogP contribution >= 0.6 is 0 Å². The van der Waals surface area contributed by atoms with Gasteiger partial charge in [-0.25, -0.2) is 0 Å². The van der Waals surface area contributed by atoms with Gasteiger partial charge in [-0.05, 0) is 32.5 Å². The van der Waals surface area contributed by atoms with E-state index in [1.54, 1.807) is 6.20 Å². The van der Waals surface area contributed by atoms with Crippen LogP contribution in [-0.2, 0) is 11.3 Å². The number of likely N-dealkylation sites (N-methyl/N-ethyl adjacent to an activating group) is 1. The second kappa shape index (κ2) is 8.91. The van der Waals surface area contributed by atoms with E-state index in [2.05, 4.69) is 39.2 Å². The number of pyridine rings is 1. The Labute approximate surface area is 154 Å². The third-order valence-electron chi connectivity index (χ3n) is 4.90. The fraction of sp³-hybridized carbons (Fsp3) is 0.526. The molecule has 1 aliphatic heterocycles. The summed E-state index contributed by atoms with van der Waals surface area (Å²) in [5, 5.41) is 6.92. The van der Waals surface area contributed by atoms with Gasteiger partial charge in [0.2, 0.25) is 5.91 Å². The number of carbonyl (C=O) groups excluding carboxylic acids is 1. The fourth-order valence-electron chi connectivity index (χ4n) is 3.09. The molecule has 0 unspecified atom stereocenters. The lowest BCUT2D eigenvalue weighted by Gasteiger charge is -2.36. The van der Waals surface area contributed by atoms with E-state index in [-0.39, 0.29) is 5.91 Å². The van der Waals surface area contributed by atoms with Crippen LogP contribution in [0, 0.1) is 0 Å². The molecule has 1 aliphatic rings. The van der Waals surface area contributed by atoms with Crippen molar-refractivity contribution in [3.63, 3.8) is 0 Å². The molecule has 26 heavy (non-hydrogen) atoms. The van der Waals surface area contributed by atoms with Crippen LogP contribution in [0.25, 0.3) is 11.4 Å². The van der Waals surface area contributed by atoms with Gasteiger partial charge in [0, 0.05) is 50.9 Å². The molecule has 0 radical (unpaired) electrons. The molecule has 0 saturated carbocycles. The molecule has 1 fully saturated rings. The summed E-state index contributed by atoms with van der Waals surface area (Å²) in [4.78, 5) is 21.2. The molecule has 0 aromatic carbocycles. The molecule has 0 aliphatic carbocycles. The SMILES string of the molecule is C[C@@H](CCC(=O)NCc1cc(-c2ccccn2)no1)N1CCN(C)CC1. The summed E-state index contributed by atoms with van der Waals surface area (Å²) in [5.74, 6) is 0.674. The van der Waals surface area contributed by atoms with E-state index in [0.29, 0.717) is 30.5 Å². The van der Waals surface area contributed by atoms with Gasteiger partial charge in [-0.1, -0.05) is 11.2 Å². The zero-order chi connectivity index (χ0) is 18.4. The van der Waals surface area contributed by atoms with Crippen molar-refractivity contribution in [2.75, 3.05) is 33.2 Å². The third kappa shape index (κ3) is 5.12. The van der Waals surface area contributed by atoms with E-state index in [1.165, 1.54) is 0 Å². The zero-order valence-electron chi connectivity index (χ0n) is 15.5. The highest BCUT2D eigenvalue weighted by molar-refractivity contribution is 5.75. The Morgan fingerprint density at radius 2 is 2.08 bits per heavy atom. The molecule has 1 amide bonds. The van der Waals surface area contributed by atoms with Gasteiger partial charge in [0.25, 0.3) is 0 Å². The van der Waals surface area contributed by atoms with E-state index in [1.807, 2.05) is 24.3 Å². The predicted octanol–water partition coefficient (Wildman–Crippen LogP) is 1.77. The van der Waals surface area contributed by atoms with Gasteiger partial charge in [0.15, 0.2) is 5.76 Å². The normalized spacial score (nSPS) is 17.2. The van der Waals surface area contributed by atoms with Gasteiger partial charge in [0.05, 0.1) is 12.2 Å². The third-order valence-corrected chi connectivity index (χ3v) is 4.90. The van der Waals surface area contributed by atoms with Crippen molar-refractivity contribution in [2.24, 2.45) is 0 Å². The minimum Gasteiger partial charge on any atom is -0.359 e. The molecular weight excluding hydrogens is 330 g/mol. The minimum atomic E-state index is 0.0433. The van der Waals surface area contributed by atoms with E-state index in [4.69, 9.17) is 4.52 Å². The molecule has 7 nitrogen and oxygen atoms in total. The summed E-state index contributed by atoms with van der Waals surface area (Å²) in [6.45, 7) is 6.90. The Bertz CT molecular complexity index is 695. The molecule has 1 saturated heterocycles. The zero-order valence-corrected chi connectivity index (χ0v) is 15.5. The Morgan fingerprint density at radius 3 is 2.81 bits per heavy atom. The molecule has 0 spiro atoms. The van der Waals surface area contributed by atoms with E-state index >= 15 is 0 Å². The van der Waals surface area contributed by atoms with E-state index in [9.17, 15) is 4.79 Å². The summed E-state index contributed by atoms with van der Waals surface area (Å²) in [7, 11) is 2.15. The van der Waals surface area contributed by atoms with Crippen molar-refractivity contribution < 1.29 is 9.32 Å². The van der Waals surface area contributed by atoms with E-state index < -0.39 is 0 Å². The minimum absolute atomic E-state index is 0.0433. The van der Waals surface area contributed by atoms with Crippen LogP contribution in [0.15, 0.2) is 35.0 Å². The summed E-state index contributed by atoms with van der Waals surface area (Å²) in [5.41, 5.74) is 1.44. The smallest absolute Gasteiger partial charge is 0.220 e. The largest absolute Gasteiger partial charge is 0.359 e. The number of aromatic nitrogens is 2. The topological polar surface area (TPSA) is 74.5 Å².